The van der Waals surface area contributed by atoms with Crippen molar-refractivity contribution in [3.63, 3.8) is 0 Å². The van der Waals surface area contributed by atoms with E-state index in [9.17, 15) is 8.42 Å². The maximum atomic E-state index is 11.8. The summed E-state index contributed by atoms with van der Waals surface area (Å²) in [6, 6.07) is 3.34. The van der Waals surface area contributed by atoms with Crippen molar-refractivity contribution >= 4 is 15.7 Å². The Morgan fingerprint density at radius 2 is 1.84 bits per heavy atom. The number of rotatable bonds is 2. The quantitative estimate of drug-likeness (QED) is 0.789. The Bertz CT molecular complexity index is 573. The normalized spacial score (nSPS) is 27.8. The van der Waals surface area contributed by atoms with E-state index in [1.54, 1.807) is 18.3 Å². The van der Waals surface area contributed by atoms with Gasteiger partial charge in [0.2, 0.25) is 0 Å². The second-order valence-corrected chi connectivity index (χ2v) is 7.73. The predicted octanol–water partition coefficient (Wildman–Crippen LogP) is 0.483. The lowest BCUT2D eigenvalue weighted by molar-refractivity contribution is 0.386. The van der Waals surface area contributed by atoms with Crippen molar-refractivity contribution in [2.45, 2.75) is 4.90 Å². The molecule has 3 heterocycles. The van der Waals surface area contributed by atoms with Gasteiger partial charge in [-0.2, -0.15) is 0 Å². The summed E-state index contributed by atoms with van der Waals surface area (Å²) in [7, 11) is -1.08. The zero-order valence-corrected chi connectivity index (χ0v) is 12.1. The smallest absolute Gasteiger partial charge is 0.179 e. The van der Waals surface area contributed by atoms with Gasteiger partial charge in [-0.05, 0) is 31.0 Å². The summed E-state index contributed by atoms with van der Waals surface area (Å²) in [4.78, 5) is 9.14. The van der Waals surface area contributed by atoms with Crippen LogP contribution in [0.4, 0.5) is 5.82 Å². The number of likely N-dealkylation sites (tertiary alicyclic amines) is 1. The van der Waals surface area contributed by atoms with E-state index in [0.29, 0.717) is 22.5 Å². The highest BCUT2D eigenvalue weighted by Crippen LogP contribution is 2.34. The Labute approximate surface area is 114 Å². The minimum atomic E-state index is -3.22. The Morgan fingerprint density at radius 3 is 2.42 bits per heavy atom. The second-order valence-electron chi connectivity index (χ2n) is 5.74. The van der Waals surface area contributed by atoms with Crippen LogP contribution in [0.5, 0.6) is 0 Å². The van der Waals surface area contributed by atoms with Crippen LogP contribution in [0.25, 0.3) is 0 Å². The monoisotopic (exact) mass is 281 g/mol. The fraction of sp³-hybridized carbons (Fsp3) is 0.615. The van der Waals surface area contributed by atoms with E-state index in [1.807, 2.05) is 0 Å². The zero-order chi connectivity index (χ0) is 13.6. The standard InChI is InChI=1S/C13H19N3O2S/c1-15-6-10-8-16(9-11(10)7-15)13-12(19(2,17)18)4-3-5-14-13/h3-5,10-11H,6-9H2,1-2H3. The van der Waals surface area contributed by atoms with Crippen LogP contribution in [-0.4, -0.2) is 57.8 Å². The van der Waals surface area contributed by atoms with E-state index in [4.69, 9.17) is 0 Å². The molecule has 0 bridgehead atoms. The van der Waals surface area contributed by atoms with Crippen LogP contribution in [0.1, 0.15) is 0 Å². The Morgan fingerprint density at radius 1 is 1.21 bits per heavy atom. The number of fused-ring (bicyclic) bond motifs is 1. The Hall–Kier alpha value is -1.14. The highest BCUT2D eigenvalue weighted by Gasteiger charge is 2.40. The lowest BCUT2D eigenvalue weighted by Crippen LogP contribution is -2.28. The molecular weight excluding hydrogens is 262 g/mol. The molecule has 0 N–H and O–H groups in total. The van der Waals surface area contributed by atoms with E-state index in [0.717, 1.165) is 26.2 Å². The van der Waals surface area contributed by atoms with Gasteiger partial charge in [-0.3, -0.25) is 0 Å². The van der Waals surface area contributed by atoms with Crippen LogP contribution in [0.15, 0.2) is 23.2 Å². The molecule has 6 heteroatoms. The maximum absolute atomic E-state index is 11.8. The first kappa shape index (κ1) is 12.9. The molecule has 0 spiro atoms. The van der Waals surface area contributed by atoms with Crippen molar-refractivity contribution in [3.05, 3.63) is 18.3 Å². The van der Waals surface area contributed by atoms with Crippen molar-refractivity contribution in [1.29, 1.82) is 0 Å². The topological polar surface area (TPSA) is 53.5 Å². The molecule has 2 atom stereocenters. The summed E-state index contributed by atoms with van der Waals surface area (Å²) in [5.41, 5.74) is 0. The summed E-state index contributed by atoms with van der Waals surface area (Å²) in [5, 5.41) is 0. The first-order valence-corrected chi connectivity index (χ1v) is 8.43. The molecule has 104 valence electrons. The first-order chi connectivity index (χ1) is 8.95. The van der Waals surface area contributed by atoms with Crippen LogP contribution >= 0.6 is 0 Å². The molecule has 2 aliphatic rings. The predicted molar refractivity (Wildman–Crippen MR) is 74.0 cm³/mol. The third-order valence-corrected chi connectivity index (χ3v) is 5.24. The largest absolute Gasteiger partial charge is 0.355 e. The van der Waals surface area contributed by atoms with Crippen LogP contribution < -0.4 is 4.90 Å². The highest BCUT2D eigenvalue weighted by atomic mass is 32.2. The number of pyridine rings is 1. The van der Waals surface area contributed by atoms with Crippen LogP contribution in [0.3, 0.4) is 0 Å². The summed E-state index contributed by atoms with van der Waals surface area (Å²) in [5.74, 6) is 1.90. The molecule has 0 aliphatic carbocycles. The summed E-state index contributed by atoms with van der Waals surface area (Å²) in [6.07, 6.45) is 2.92. The number of sulfone groups is 1. The molecule has 0 radical (unpaired) electrons. The molecule has 2 aliphatic heterocycles. The van der Waals surface area contributed by atoms with Gasteiger partial charge in [0.25, 0.3) is 0 Å². The molecule has 1 aromatic rings. The van der Waals surface area contributed by atoms with Gasteiger partial charge in [0, 0.05) is 38.6 Å². The van der Waals surface area contributed by atoms with E-state index < -0.39 is 9.84 Å². The summed E-state index contributed by atoms with van der Waals surface area (Å²) in [6.45, 7) is 4.02. The van der Waals surface area contributed by atoms with E-state index in [2.05, 4.69) is 21.8 Å². The van der Waals surface area contributed by atoms with Crippen molar-refractivity contribution in [3.8, 4) is 0 Å². The van der Waals surface area contributed by atoms with Crippen LogP contribution in [-0.2, 0) is 9.84 Å². The molecule has 0 amide bonds. The third kappa shape index (κ3) is 2.34. The van der Waals surface area contributed by atoms with E-state index >= 15 is 0 Å². The average molecular weight is 281 g/mol. The summed E-state index contributed by atoms with van der Waals surface area (Å²) >= 11 is 0. The van der Waals surface area contributed by atoms with Gasteiger partial charge in [0.1, 0.15) is 10.7 Å². The van der Waals surface area contributed by atoms with Crippen LogP contribution in [0.2, 0.25) is 0 Å². The van der Waals surface area contributed by atoms with Gasteiger partial charge in [0.05, 0.1) is 0 Å². The first-order valence-electron chi connectivity index (χ1n) is 6.53. The molecule has 2 saturated heterocycles. The van der Waals surface area contributed by atoms with Gasteiger partial charge in [-0.25, -0.2) is 13.4 Å². The number of hydrogen-bond acceptors (Lipinski definition) is 5. The molecule has 3 rings (SSSR count). The molecular formula is C13H19N3O2S. The molecule has 1 aromatic heterocycles. The van der Waals surface area contributed by atoms with Gasteiger partial charge in [-0.1, -0.05) is 0 Å². The molecule has 2 unspecified atom stereocenters. The van der Waals surface area contributed by atoms with Crippen molar-refractivity contribution in [1.82, 2.24) is 9.88 Å². The molecule has 19 heavy (non-hydrogen) atoms. The molecule has 5 nitrogen and oxygen atoms in total. The Balaban J connectivity index is 1.89. The van der Waals surface area contributed by atoms with E-state index in [1.165, 1.54) is 6.26 Å². The highest BCUT2D eigenvalue weighted by molar-refractivity contribution is 7.90. The van der Waals surface area contributed by atoms with Gasteiger partial charge < -0.3 is 9.80 Å². The fourth-order valence-corrected chi connectivity index (χ4v) is 4.15. The van der Waals surface area contributed by atoms with Gasteiger partial charge in [-0.15, -0.1) is 0 Å². The third-order valence-electron chi connectivity index (χ3n) is 4.12. The SMILES string of the molecule is CN1CC2CN(c3ncccc3S(C)(=O)=O)CC2C1. The number of aromatic nitrogens is 1. The zero-order valence-electron chi connectivity index (χ0n) is 11.3. The van der Waals surface area contributed by atoms with Gasteiger partial charge in [0.15, 0.2) is 9.84 Å². The molecule has 0 saturated carbocycles. The minimum absolute atomic E-state index is 0.350. The molecule has 2 fully saturated rings. The summed E-state index contributed by atoms with van der Waals surface area (Å²) < 4.78 is 23.7. The van der Waals surface area contributed by atoms with Crippen molar-refractivity contribution < 1.29 is 8.42 Å². The number of hydrogen-bond donors (Lipinski definition) is 0. The average Bonchev–Trinajstić information content (AvgIpc) is 2.85. The minimum Gasteiger partial charge on any atom is -0.355 e. The Kier molecular flexibility index (Phi) is 3.02. The lowest BCUT2D eigenvalue weighted by atomic mass is 10.0. The number of anilines is 1. The fourth-order valence-electron chi connectivity index (χ4n) is 3.31. The van der Waals surface area contributed by atoms with Crippen molar-refractivity contribution in [2.75, 3.05) is 44.4 Å². The van der Waals surface area contributed by atoms with Gasteiger partial charge >= 0.3 is 0 Å². The maximum Gasteiger partial charge on any atom is 0.179 e. The van der Waals surface area contributed by atoms with E-state index in [-0.39, 0.29) is 0 Å². The van der Waals surface area contributed by atoms with Crippen LogP contribution in [0, 0.1) is 11.8 Å². The van der Waals surface area contributed by atoms with Crippen molar-refractivity contribution in [2.24, 2.45) is 11.8 Å². The lowest BCUT2D eigenvalue weighted by Gasteiger charge is -2.22. The number of nitrogens with zero attached hydrogens (tertiary/aromatic N) is 3. The second kappa shape index (κ2) is 4.45. The molecule has 0 aromatic carbocycles.